The third-order valence-corrected chi connectivity index (χ3v) is 6.47. The van der Waals surface area contributed by atoms with Crippen LogP contribution in [-0.4, -0.2) is 42.4 Å². The van der Waals surface area contributed by atoms with Crippen LogP contribution in [0, 0.1) is 11.3 Å². The van der Waals surface area contributed by atoms with E-state index in [9.17, 15) is 18.5 Å². The largest absolute Gasteiger partial charge is 0.372 e. The summed E-state index contributed by atoms with van der Waals surface area (Å²) >= 11 is 0. The third kappa shape index (κ3) is 5.76. The van der Waals surface area contributed by atoms with E-state index in [0.29, 0.717) is 17.1 Å². The molecule has 0 aliphatic heterocycles. The average molecular weight is 474 g/mol. The van der Waals surface area contributed by atoms with Gasteiger partial charge >= 0.3 is 0 Å². The highest BCUT2D eigenvalue weighted by molar-refractivity contribution is 7.89. The number of nitrogens with zero attached hydrogens (tertiary/aromatic N) is 6. The molecule has 0 atom stereocenters. The second-order valence-corrected chi connectivity index (χ2v) is 10.5. The van der Waals surface area contributed by atoms with Crippen LogP contribution >= 0.6 is 0 Å². The number of hydrogen-bond donors (Lipinski definition) is 1. The first kappa shape index (κ1) is 26.0. The van der Waals surface area contributed by atoms with Crippen molar-refractivity contribution in [1.29, 1.82) is 5.26 Å². The number of hydrogen-bond acceptors (Lipinski definition) is 8. The fourth-order valence-electron chi connectivity index (χ4n) is 3.21. The second kappa shape index (κ2) is 10.1. The van der Waals surface area contributed by atoms with E-state index in [1.807, 2.05) is 46.8 Å². The van der Waals surface area contributed by atoms with Gasteiger partial charge in [0.05, 0.1) is 17.1 Å². The maximum atomic E-state index is 12.7. The van der Waals surface area contributed by atoms with Crippen molar-refractivity contribution >= 4 is 38.8 Å². The van der Waals surface area contributed by atoms with Gasteiger partial charge in [0.2, 0.25) is 11.7 Å². The van der Waals surface area contributed by atoms with Gasteiger partial charge < -0.3 is 10.2 Å². The smallest absolute Gasteiger partial charge is 0.255 e. The Kier molecular flexibility index (Phi) is 7.97. The van der Waals surface area contributed by atoms with Gasteiger partial charge in [0, 0.05) is 31.1 Å². The topological polar surface area (TPSA) is 133 Å². The molecule has 178 valence electrons. The van der Waals surface area contributed by atoms with Crippen molar-refractivity contribution < 1.29 is 13.2 Å². The summed E-state index contributed by atoms with van der Waals surface area (Å²) in [5.41, 5.74) is 1.42. The van der Waals surface area contributed by atoms with Crippen LogP contribution in [0.25, 0.3) is 0 Å². The van der Waals surface area contributed by atoms with E-state index in [2.05, 4.69) is 25.5 Å². The number of nitriles is 1. The van der Waals surface area contributed by atoms with Crippen LogP contribution in [-0.2, 0) is 20.2 Å². The predicted molar refractivity (Wildman–Crippen MR) is 129 cm³/mol. The maximum absolute atomic E-state index is 12.7. The van der Waals surface area contributed by atoms with Crippen LogP contribution in [0.15, 0.2) is 28.4 Å². The lowest BCUT2D eigenvalue weighted by Gasteiger charge is -2.22. The number of aromatic nitrogens is 2. The van der Waals surface area contributed by atoms with E-state index >= 15 is 0 Å². The van der Waals surface area contributed by atoms with Gasteiger partial charge in [0.15, 0.2) is 0 Å². The predicted octanol–water partition coefficient (Wildman–Crippen LogP) is 4.47. The van der Waals surface area contributed by atoms with Gasteiger partial charge in [0.25, 0.3) is 10.0 Å². The molecule has 0 radical (unpaired) electrons. The second-order valence-electron chi connectivity index (χ2n) is 8.41. The van der Waals surface area contributed by atoms with Gasteiger partial charge in [-0.15, -0.1) is 14.3 Å². The molecule has 1 amide bonds. The van der Waals surface area contributed by atoms with Crippen LogP contribution < -0.4 is 10.2 Å². The Balaban J connectivity index is 2.71. The Bertz CT molecular complexity index is 1200. The molecule has 10 nitrogen and oxygen atoms in total. The summed E-state index contributed by atoms with van der Waals surface area (Å²) < 4.78 is 26.1. The molecular formula is C22H31N7O3S. The highest BCUT2D eigenvalue weighted by Gasteiger charge is 2.31. The molecular weight excluding hydrogens is 442 g/mol. The number of carbonyl (C=O) groups excluding carboxylic acids is 1. The van der Waals surface area contributed by atoms with E-state index < -0.39 is 15.4 Å². The number of carbonyl (C=O) groups is 1. The maximum Gasteiger partial charge on any atom is 0.255 e. The molecule has 11 heteroatoms. The molecule has 1 aromatic heterocycles. The summed E-state index contributed by atoms with van der Waals surface area (Å²) in [6.07, 6.45) is 0. The van der Waals surface area contributed by atoms with Crippen LogP contribution in [0.1, 0.15) is 59.7 Å². The quantitative estimate of drug-likeness (QED) is 0.562. The lowest BCUT2D eigenvalue weighted by molar-refractivity contribution is -0.114. The summed E-state index contributed by atoms with van der Waals surface area (Å²) in [5.74, 6) is -0.665. The van der Waals surface area contributed by atoms with Crippen molar-refractivity contribution in [3.05, 3.63) is 29.5 Å². The highest BCUT2D eigenvalue weighted by atomic mass is 32.2. The Hall–Kier alpha value is -3.26. The zero-order chi connectivity index (χ0) is 25.0. The average Bonchev–Trinajstić information content (AvgIpc) is 3.13. The molecule has 2 rings (SSSR count). The lowest BCUT2D eigenvalue weighted by atomic mass is 9.90. The molecule has 0 saturated heterocycles. The molecule has 0 saturated carbocycles. The SMILES string of the molecule is CCN(CC)c1ccc(/N=N/c2c(C#N)c(C(C)(C)C)nn2S(=O)(=O)CC)c(NC(C)=O)c1. The van der Waals surface area contributed by atoms with E-state index in [-0.39, 0.29) is 23.0 Å². The van der Waals surface area contributed by atoms with Gasteiger partial charge in [-0.05, 0) is 39.0 Å². The van der Waals surface area contributed by atoms with Crippen molar-refractivity contribution in [3.63, 3.8) is 0 Å². The molecule has 0 spiro atoms. The first-order valence-corrected chi connectivity index (χ1v) is 12.4. The summed E-state index contributed by atoms with van der Waals surface area (Å²) in [6.45, 7) is 14.0. The highest BCUT2D eigenvalue weighted by Crippen LogP contribution is 2.35. The first-order chi connectivity index (χ1) is 15.4. The zero-order valence-corrected chi connectivity index (χ0v) is 21.0. The van der Waals surface area contributed by atoms with Crippen LogP contribution in [0.5, 0.6) is 0 Å². The number of azo groups is 1. The van der Waals surface area contributed by atoms with Crippen molar-refractivity contribution in [2.75, 3.05) is 29.1 Å². The van der Waals surface area contributed by atoms with Gasteiger partial charge in [-0.2, -0.15) is 10.4 Å². The van der Waals surface area contributed by atoms with Gasteiger partial charge in [-0.25, -0.2) is 8.42 Å². The van der Waals surface area contributed by atoms with E-state index in [0.717, 1.165) is 22.9 Å². The van der Waals surface area contributed by atoms with Crippen LogP contribution in [0.2, 0.25) is 0 Å². The number of amides is 1. The van der Waals surface area contributed by atoms with Gasteiger partial charge in [-0.1, -0.05) is 20.8 Å². The Morgan fingerprint density at radius 1 is 1.21 bits per heavy atom. The van der Waals surface area contributed by atoms with Crippen LogP contribution in [0.4, 0.5) is 22.9 Å². The monoisotopic (exact) mass is 473 g/mol. The molecule has 0 aliphatic rings. The first-order valence-electron chi connectivity index (χ1n) is 10.7. The molecule has 1 heterocycles. The Labute approximate surface area is 195 Å². The minimum atomic E-state index is -3.83. The summed E-state index contributed by atoms with van der Waals surface area (Å²) in [5, 5.41) is 25.1. The molecule has 0 bridgehead atoms. The minimum absolute atomic E-state index is 0.0455. The minimum Gasteiger partial charge on any atom is -0.372 e. The fourth-order valence-corrected chi connectivity index (χ4v) is 4.05. The Morgan fingerprint density at radius 2 is 1.85 bits per heavy atom. The summed E-state index contributed by atoms with van der Waals surface area (Å²) in [6, 6.07) is 7.35. The van der Waals surface area contributed by atoms with E-state index in [4.69, 9.17) is 0 Å². The summed E-state index contributed by atoms with van der Waals surface area (Å²) in [7, 11) is -3.83. The molecule has 33 heavy (non-hydrogen) atoms. The molecule has 1 N–H and O–H groups in total. The number of anilines is 2. The van der Waals surface area contributed by atoms with Crippen molar-refractivity contribution in [2.45, 2.75) is 53.9 Å². The van der Waals surface area contributed by atoms with Crippen molar-refractivity contribution in [3.8, 4) is 6.07 Å². The van der Waals surface area contributed by atoms with E-state index in [1.54, 1.807) is 12.1 Å². The molecule has 0 unspecified atom stereocenters. The zero-order valence-electron chi connectivity index (χ0n) is 20.2. The van der Waals surface area contributed by atoms with Gasteiger partial charge in [0.1, 0.15) is 17.3 Å². The molecule has 0 aliphatic carbocycles. The van der Waals surface area contributed by atoms with Crippen molar-refractivity contribution in [1.82, 2.24) is 9.19 Å². The normalized spacial score (nSPS) is 12.1. The lowest BCUT2D eigenvalue weighted by Crippen LogP contribution is -2.21. The molecule has 2 aromatic rings. The third-order valence-electron chi connectivity index (χ3n) is 4.95. The Morgan fingerprint density at radius 3 is 2.33 bits per heavy atom. The summed E-state index contributed by atoms with van der Waals surface area (Å²) in [4.78, 5) is 13.9. The molecule has 0 fully saturated rings. The fraction of sp³-hybridized carbons (Fsp3) is 0.500. The number of rotatable bonds is 8. The van der Waals surface area contributed by atoms with Crippen LogP contribution in [0.3, 0.4) is 0 Å². The van der Waals surface area contributed by atoms with E-state index in [1.165, 1.54) is 13.8 Å². The van der Waals surface area contributed by atoms with Crippen molar-refractivity contribution in [2.24, 2.45) is 10.2 Å². The van der Waals surface area contributed by atoms with Gasteiger partial charge in [-0.3, -0.25) is 4.79 Å². The molecule has 1 aromatic carbocycles. The number of benzene rings is 1. The number of nitrogens with one attached hydrogen (secondary N) is 1. The standard InChI is InChI=1S/C22H31N7O3S/c1-8-28(9-2)16-11-12-18(19(13-16)24-15(4)30)25-26-21-17(14-23)20(22(5,6)7)27-29(21)33(31,32)10-3/h11-13H,8-10H2,1-7H3,(H,24,30)/b26-25+.